The Labute approximate surface area is 451 Å². The number of piperidine rings is 1. The van der Waals surface area contributed by atoms with Crippen LogP contribution in [-0.4, -0.2) is 66.8 Å². The van der Waals surface area contributed by atoms with Gasteiger partial charge in [-0.2, -0.15) is 13.2 Å². The quantitative estimate of drug-likeness (QED) is 0.0897. The molecule has 4 aliphatic heterocycles. The molecule has 5 aromatic carbocycles. The third-order valence-electron chi connectivity index (χ3n) is 13.6. The monoisotopic (exact) mass is 1090 g/mol. The van der Waals surface area contributed by atoms with E-state index in [2.05, 4.69) is 16.0 Å². The molecule has 4 aliphatic rings. The Hall–Kier alpha value is -6.50. The molecule has 5 heterocycles. The molecule has 4 saturated heterocycles. The minimum atomic E-state index is -4.37. The van der Waals surface area contributed by atoms with Gasteiger partial charge in [0.2, 0.25) is 0 Å². The van der Waals surface area contributed by atoms with Crippen molar-refractivity contribution >= 4 is 17.9 Å². The van der Waals surface area contributed by atoms with Crippen LogP contribution in [0.5, 0.6) is 5.75 Å². The van der Waals surface area contributed by atoms with Gasteiger partial charge in [-0.1, -0.05) is 64.2 Å². The Morgan fingerprint density at radius 3 is 1.62 bits per heavy atom. The SMILES string of the molecule is CC(=O)c1cc(C)ccc1F.Cc1ccc(F)c(C(C)O)c1.Cc1ccc(F)c(C2(C)OCCO2)c1.Cc1ccc(F)c(C=O)c1.Cc1ccc(OC2C[C@H]3CC[C@@H](C2)N3c2ccc(C(F)(F)F)cn2)c(C2(C)OCCO2)c1. The minimum Gasteiger partial charge on any atom is -0.490 e. The number of fused-ring (bicyclic) bond motifs is 2. The van der Waals surface area contributed by atoms with Crippen LogP contribution < -0.4 is 9.64 Å². The molecule has 6 aromatic rings. The van der Waals surface area contributed by atoms with Crippen LogP contribution in [0.25, 0.3) is 0 Å². The summed E-state index contributed by atoms with van der Waals surface area (Å²) in [7, 11) is 0. The Kier molecular flexibility index (Phi) is 20.6. The number of aldehydes is 1. The summed E-state index contributed by atoms with van der Waals surface area (Å²) in [4.78, 5) is 27.2. The number of carbonyl (C=O) groups is 2. The van der Waals surface area contributed by atoms with Crippen LogP contribution in [0.1, 0.15) is 130 Å². The van der Waals surface area contributed by atoms with E-state index in [-0.39, 0.29) is 46.7 Å². The van der Waals surface area contributed by atoms with Crippen LogP contribution in [0.4, 0.5) is 36.6 Å². The largest absolute Gasteiger partial charge is 0.490 e. The van der Waals surface area contributed by atoms with E-state index in [1.54, 1.807) is 56.3 Å². The molecule has 0 spiro atoms. The van der Waals surface area contributed by atoms with Gasteiger partial charge in [0.25, 0.3) is 0 Å². The van der Waals surface area contributed by atoms with Crippen molar-refractivity contribution in [2.75, 3.05) is 31.3 Å². The number of rotatable bonds is 8. The summed E-state index contributed by atoms with van der Waals surface area (Å²) in [6.07, 6.45) is -0.0770. The summed E-state index contributed by atoms with van der Waals surface area (Å²) in [5.41, 5.74) is 6.18. The van der Waals surface area contributed by atoms with Crippen molar-refractivity contribution in [3.8, 4) is 5.75 Å². The lowest BCUT2D eigenvalue weighted by atomic mass is 9.98. The number of carbonyl (C=O) groups excluding carboxylic acids is 2. The predicted molar refractivity (Wildman–Crippen MR) is 282 cm³/mol. The molecule has 0 aliphatic carbocycles. The third kappa shape index (κ3) is 15.8. The second kappa shape index (κ2) is 26.4. The molecule has 0 saturated carbocycles. The fraction of sp³-hybridized carbons (Fsp3) is 0.393. The first-order chi connectivity index (χ1) is 36.8. The summed E-state index contributed by atoms with van der Waals surface area (Å²) in [5, 5.41) is 9.09. The number of nitrogens with zero attached hydrogens (tertiary/aromatic N) is 2. The number of alkyl halides is 3. The molecule has 418 valence electrons. The van der Waals surface area contributed by atoms with Gasteiger partial charge in [0.15, 0.2) is 23.6 Å². The van der Waals surface area contributed by atoms with E-state index < -0.39 is 41.1 Å². The number of aromatic nitrogens is 1. The molecule has 1 aromatic heterocycles. The molecule has 4 atom stereocenters. The molecule has 1 N–H and O–H groups in total. The van der Waals surface area contributed by atoms with Crippen molar-refractivity contribution in [1.82, 2.24) is 4.98 Å². The number of aliphatic hydroxyl groups excluding tert-OH is 1. The molecule has 78 heavy (non-hydrogen) atoms. The maximum atomic E-state index is 13.5. The van der Waals surface area contributed by atoms with E-state index in [0.29, 0.717) is 49.7 Å². The van der Waals surface area contributed by atoms with Crippen molar-refractivity contribution in [2.45, 2.75) is 130 Å². The van der Waals surface area contributed by atoms with E-state index in [9.17, 15) is 40.3 Å². The second-order valence-corrected chi connectivity index (χ2v) is 20.1. The molecule has 0 radical (unpaired) electrons. The highest BCUT2D eigenvalue weighted by Gasteiger charge is 2.44. The number of halogens is 7. The van der Waals surface area contributed by atoms with Crippen molar-refractivity contribution in [1.29, 1.82) is 0 Å². The van der Waals surface area contributed by atoms with Gasteiger partial charge in [-0.05, 0) is 142 Å². The second-order valence-electron chi connectivity index (χ2n) is 20.1. The van der Waals surface area contributed by atoms with E-state index >= 15 is 0 Å². The van der Waals surface area contributed by atoms with Crippen molar-refractivity contribution in [3.05, 3.63) is 194 Å². The van der Waals surface area contributed by atoms with E-state index in [4.69, 9.17) is 28.8 Å². The smallest absolute Gasteiger partial charge is 0.417 e. The fourth-order valence-electron chi connectivity index (χ4n) is 9.56. The van der Waals surface area contributed by atoms with Gasteiger partial charge in [0, 0.05) is 42.2 Å². The minimum absolute atomic E-state index is 0.0182. The number of aliphatic hydroxyl groups is 1. The fourth-order valence-corrected chi connectivity index (χ4v) is 9.56. The topological polar surface area (TPSA) is 117 Å². The highest BCUT2D eigenvalue weighted by atomic mass is 19.4. The van der Waals surface area contributed by atoms with Gasteiger partial charge in [-0.3, -0.25) is 9.59 Å². The van der Waals surface area contributed by atoms with Crippen LogP contribution in [0, 0.1) is 57.9 Å². The van der Waals surface area contributed by atoms with Crippen molar-refractivity contribution in [3.63, 3.8) is 0 Å². The molecule has 17 heteroatoms. The molecule has 0 amide bonds. The number of Topliss-reactive ketones (excluding diaryl/α,β-unsaturated/α-hetero) is 1. The Balaban J connectivity index is 0.000000177. The summed E-state index contributed by atoms with van der Waals surface area (Å²) in [5.74, 6) is -2.09. The first-order valence-corrected chi connectivity index (χ1v) is 25.6. The number of benzene rings is 5. The summed E-state index contributed by atoms with van der Waals surface area (Å²) < 4.78 is 119. The number of aryl methyl sites for hydroxylation is 5. The number of ketones is 1. The number of anilines is 1. The highest BCUT2D eigenvalue weighted by molar-refractivity contribution is 5.94. The molecule has 4 fully saturated rings. The van der Waals surface area contributed by atoms with Crippen LogP contribution in [0.15, 0.2) is 109 Å². The lowest BCUT2D eigenvalue weighted by Gasteiger charge is -2.40. The van der Waals surface area contributed by atoms with Gasteiger partial charge in [-0.15, -0.1) is 0 Å². The van der Waals surface area contributed by atoms with Crippen LogP contribution >= 0.6 is 0 Å². The standard InChI is InChI=1S/C24H27F3N2O3.C11H13FO2.C9H11FO.C9H9FO.C8H7FO/c1-15-3-7-21(20(11-15)23(2)30-9-10-31-23)32-19-12-17-5-6-18(13-19)29(17)22-8-4-16(14-28-22)24(25,26)27;1-8-3-4-10(12)9(7-8)11(2)13-5-6-14-11;2*1-6-3-4-9(10)8(5-6)7(2)11;1-6-2-3-8(9)7(4-6)5-10/h3-4,7-8,11,14,17-19H,5-6,9-10,12-13H2,1-2H3;3-4,7H,5-6H2,1-2H3;3-5,7,11H,1-2H3;3-5H,1-2H3;2-5H,1H3/t17-,18+,19?;;;;. The van der Waals surface area contributed by atoms with Gasteiger partial charge in [-0.25, -0.2) is 22.5 Å². The zero-order valence-electron chi connectivity index (χ0n) is 45.3. The number of hydrogen-bond donors (Lipinski definition) is 1. The van der Waals surface area contributed by atoms with Crippen molar-refractivity contribution < 1.29 is 69.1 Å². The van der Waals surface area contributed by atoms with Gasteiger partial charge in [0.1, 0.15) is 40.9 Å². The van der Waals surface area contributed by atoms with Gasteiger partial charge < -0.3 is 33.7 Å². The zero-order chi connectivity index (χ0) is 57.1. The van der Waals surface area contributed by atoms with E-state index in [0.717, 1.165) is 77.1 Å². The van der Waals surface area contributed by atoms with Crippen LogP contribution in [0.3, 0.4) is 0 Å². The first kappa shape index (κ1) is 60.7. The zero-order valence-corrected chi connectivity index (χ0v) is 45.3. The summed E-state index contributed by atoms with van der Waals surface area (Å²) in [6.45, 7) is 18.2. The number of ether oxygens (including phenoxy) is 5. The van der Waals surface area contributed by atoms with Crippen LogP contribution in [-0.2, 0) is 36.7 Å². The maximum absolute atomic E-state index is 13.5. The molecular weight excluding hydrogens is 1020 g/mol. The first-order valence-electron chi connectivity index (χ1n) is 25.6. The van der Waals surface area contributed by atoms with E-state index in [1.807, 2.05) is 53.7 Å². The number of hydrogen-bond acceptors (Lipinski definition) is 10. The Morgan fingerprint density at radius 2 is 1.14 bits per heavy atom. The normalized spacial score (nSPS) is 19.1. The summed E-state index contributed by atoms with van der Waals surface area (Å²) >= 11 is 0. The van der Waals surface area contributed by atoms with E-state index in [1.165, 1.54) is 43.3 Å². The number of pyridine rings is 1. The molecule has 10 rings (SSSR count). The van der Waals surface area contributed by atoms with Crippen LogP contribution in [0.2, 0.25) is 0 Å². The molecular formula is C61H67F7N2O8. The summed E-state index contributed by atoms with van der Waals surface area (Å²) in [6, 6.07) is 27.6. The average molecular weight is 1090 g/mol. The Bertz CT molecular complexity index is 2980. The average Bonchev–Trinajstić information content (AvgIpc) is 4.14. The molecule has 10 nitrogen and oxygen atoms in total. The van der Waals surface area contributed by atoms with Crippen molar-refractivity contribution in [2.24, 2.45) is 0 Å². The molecule has 2 unspecified atom stereocenters. The highest BCUT2D eigenvalue weighted by Crippen LogP contribution is 2.43. The Morgan fingerprint density at radius 1 is 0.667 bits per heavy atom. The maximum Gasteiger partial charge on any atom is 0.417 e. The van der Waals surface area contributed by atoms with Gasteiger partial charge in [0.05, 0.1) is 54.8 Å². The lowest BCUT2D eigenvalue weighted by molar-refractivity contribution is -0.152. The lowest BCUT2D eigenvalue weighted by Crippen LogP contribution is -2.47. The predicted octanol–water partition coefficient (Wildman–Crippen LogP) is 14.0. The third-order valence-corrected chi connectivity index (χ3v) is 13.6. The van der Waals surface area contributed by atoms with Gasteiger partial charge >= 0.3 is 6.18 Å². The molecule has 2 bridgehead atoms.